The fraction of sp³-hybridized carbons (Fsp3) is 0.538. The van der Waals surface area contributed by atoms with Crippen molar-refractivity contribution in [3.63, 3.8) is 0 Å². The summed E-state index contributed by atoms with van der Waals surface area (Å²) in [5.74, 6) is 1.90. The lowest BCUT2D eigenvalue weighted by molar-refractivity contribution is 0.238. The van der Waals surface area contributed by atoms with Gasteiger partial charge in [0.1, 0.15) is 18.1 Å². The summed E-state index contributed by atoms with van der Waals surface area (Å²) >= 11 is 0. The summed E-state index contributed by atoms with van der Waals surface area (Å²) in [6.45, 7) is 3.99. The molecule has 1 N–H and O–H groups in total. The molecule has 3 heteroatoms. The van der Waals surface area contributed by atoms with Gasteiger partial charge in [-0.2, -0.15) is 0 Å². The second-order valence-corrected chi connectivity index (χ2v) is 4.14. The fourth-order valence-electron chi connectivity index (χ4n) is 1.98. The smallest absolute Gasteiger partial charge is 0.122 e. The number of ether oxygens (including phenoxy) is 2. The monoisotopic (exact) mass is 221 g/mol. The summed E-state index contributed by atoms with van der Waals surface area (Å²) in [6, 6.07) is 6.43. The molecule has 1 heterocycles. The molecule has 0 aliphatic carbocycles. The third-order valence-corrected chi connectivity index (χ3v) is 2.86. The lowest BCUT2D eigenvalue weighted by atomic mass is 10.0. The van der Waals surface area contributed by atoms with E-state index >= 15 is 0 Å². The molecule has 16 heavy (non-hydrogen) atoms. The molecular formula is C13H19NO2. The number of nitrogens with one attached hydrogen (secondary N) is 1. The van der Waals surface area contributed by atoms with Crippen molar-refractivity contribution in [1.82, 2.24) is 5.32 Å². The first kappa shape index (κ1) is 11.3. The van der Waals surface area contributed by atoms with Gasteiger partial charge < -0.3 is 14.8 Å². The number of benzene rings is 1. The van der Waals surface area contributed by atoms with Gasteiger partial charge in [-0.05, 0) is 43.1 Å². The van der Waals surface area contributed by atoms with Crippen LogP contribution in [0.3, 0.4) is 0 Å². The number of hydrogen-bond donors (Lipinski definition) is 1. The molecule has 3 nitrogen and oxygen atoms in total. The van der Waals surface area contributed by atoms with Crippen molar-refractivity contribution >= 4 is 0 Å². The van der Waals surface area contributed by atoms with E-state index in [1.165, 1.54) is 5.56 Å². The Kier molecular flexibility index (Phi) is 3.67. The SMILES string of the molecule is CCCNC1COc2ccc(OC)cc2C1. The highest BCUT2D eigenvalue weighted by atomic mass is 16.5. The predicted molar refractivity (Wildman–Crippen MR) is 64.3 cm³/mol. The Morgan fingerprint density at radius 3 is 3.12 bits per heavy atom. The number of fused-ring (bicyclic) bond motifs is 1. The van der Waals surface area contributed by atoms with Crippen LogP contribution in [0.15, 0.2) is 18.2 Å². The van der Waals surface area contributed by atoms with Crippen LogP contribution in [0.25, 0.3) is 0 Å². The number of rotatable bonds is 4. The van der Waals surface area contributed by atoms with Gasteiger partial charge in [-0.3, -0.25) is 0 Å². The standard InChI is InChI=1S/C13H19NO2/c1-3-6-14-11-7-10-8-12(15-2)4-5-13(10)16-9-11/h4-5,8,11,14H,3,6-7,9H2,1-2H3. The molecular weight excluding hydrogens is 202 g/mol. The first-order valence-corrected chi connectivity index (χ1v) is 5.86. The van der Waals surface area contributed by atoms with Crippen molar-refractivity contribution in [2.45, 2.75) is 25.8 Å². The maximum Gasteiger partial charge on any atom is 0.122 e. The highest BCUT2D eigenvalue weighted by Gasteiger charge is 2.19. The molecule has 0 bridgehead atoms. The van der Waals surface area contributed by atoms with Crippen LogP contribution in [0.2, 0.25) is 0 Å². The zero-order valence-corrected chi connectivity index (χ0v) is 9.95. The highest BCUT2D eigenvalue weighted by Crippen LogP contribution is 2.28. The molecule has 0 saturated carbocycles. The maximum atomic E-state index is 5.71. The van der Waals surface area contributed by atoms with E-state index in [9.17, 15) is 0 Å². The zero-order valence-electron chi connectivity index (χ0n) is 9.95. The Bertz CT molecular complexity index is 352. The molecule has 1 unspecified atom stereocenters. The zero-order chi connectivity index (χ0) is 11.4. The number of methoxy groups -OCH3 is 1. The Morgan fingerprint density at radius 1 is 1.50 bits per heavy atom. The minimum atomic E-state index is 0.430. The van der Waals surface area contributed by atoms with Gasteiger partial charge in [0.2, 0.25) is 0 Å². The largest absolute Gasteiger partial charge is 0.497 e. The van der Waals surface area contributed by atoms with Crippen LogP contribution >= 0.6 is 0 Å². The van der Waals surface area contributed by atoms with E-state index in [2.05, 4.69) is 18.3 Å². The van der Waals surface area contributed by atoms with Crippen LogP contribution in [0.5, 0.6) is 11.5 Å². The minimum Gasteiger partial charge on any atom is -0.497 e. The maximum absolute atomic E-state index is 5.71. The molecule has 1 aliphatic heterocycles. The molecule has 1 aliphatic rings. The summed E-state index contributed by atoms with van der Waals surface area (Å²) in [6.07, 6.45) is 2.17. The van der Waals surface area contributed by atoms with Crippen LogP contribution in [-0.2, 0) is 6.42 Å². The first-order valence-electron chi connectivity index (χ1n) is 5.86. The third kappa shape index (κ3) is 2.47. The molecule has 0 fully saturated rings. The predicted octanol–water partition coefficient (Wildman–Crippen LogP) is 2.00. The van der Waals surface area contributed by atoms with Gasteiger partial charge in [0, 0.05) is 6.04 Å². The quantitative estimate of drug-likeness (QED) is 0.843. The average molecular weight is 221 g/mol. The average Bonchev–Trinajstić information content (AvgIpc) is 2.35. The van der Waals surface area contributed by atoms with Gasteiger partial charge in [-0.1, -0.05) is 6.92 Å². The van der Waals surface area contributed by atoms with E-state index in [0.717, 1.165) is 37.5 Å². The normalized spacial score (nSPS) is 18.8. The fourth-order valence-corrected chi connectivity index (χ4v) is 1.98. The van der Waals surface area contributed by atoms with E-state index in [-0.39, 0.29) is 0 Å². The molecule has 1 aromatic rings. The minimum absolute atomic E-state index is 0.430. The van der Waals surface area contributed by atoms with Crippen molar-refractivity contribution in [2.75, 3.05) is 20.3 Å². The molecule has 1 atom stereocenters. The Hall–Kier alpha value is -1.22. The van der Waals surface area contributed by atoms with Gasteiger partial charge in [-0.15, -0.1) is 0 Å². The molecule has 0 amide bonds. The van der Waals surface area contributed by atoms with Crippen LogP contribution in [0.4, 0.5) is 0 Å². The molecule has 0 saturated heterocycles. The van der Waals surface area contributed by atoms with Crippen LogP contribution in [0.1, 0.15) is 18.9 Å². The second-order valence-electron chi connectivity index (χ2n) is 4.14. The molecule has 0 aromatic heterocycles. The van der Waals surface area contributed by atoms with Gasteiger partial charge in [0.25, 0.3) is 0 Å². The summed E-state index contributed by atoms with van der Waals surface area (Å²) in [7, 11) is 1.69. The number of hydrogen-bond acceptors (Lipinski definition) is 3. The first-order chi connectivity index (χ1) is 7.83. The molecule has 0 radical (unpaired) electrons. The van der Waals surface area contributed by atoms with Crippen LogP contribution in [-0.4, -0.2) is 26.3 Å². The van der Waals surface area contributed by atoms with Gasteiger partial charge in [0.05, 0.1) is 7.11 Å². The lowest BCUT2D eigenvalue weighted by Crippen LogP contribution is -2.39. The van der Waals surface area contributed by atoms with Crippen LogP contribution < -0.4 is 14.8 Å². The topological polar surface area (TPSA) is 30.5 Å². The summed E-state index contributed by atoms with van der Waals surface area (Å²) in [4.78, 5) is 0. The molecule has 0 spiro atoms. The van der Waals surface area contributed by atoms with Crippen LogP contribution in [0, 0.1) is 0 Å². The molecule has 1 aromatic carbocycles. The van der Waals surface area contributed by atoms with Gasteiger partial charge in [0.15, 0.2) is 0 Å². The second kappa shape index (κ2) is 5.21. The highest BCUT2D eigenvalue weighted by molar-refractivity contribution is 5.42. The van der Waals surface area contributed by atoms with E-state index in [0.29, 0.717) is 6.04 Å². The van der Waals surface area contributed by atoms with E-state index in [4.69, 9.17) is 9.47 Å². The summed E-state index contributed by atoms with van der Waals surface area (Å²) in [5, 5.41) is 3.48. The van der Waals surface area contributed by atoms with Crippen molar-refractivity contribution in [3.8, 4) is 11.5 Å². The summed E-state index contributed by atoms with van der Waals surface area (Å²) in [5.41, 5.74) is 1.24. The van der Waals surface area contributed by atoms with Crippen molar-refractivity contribution in [1.29, 1.82) is 0 Å². The van der Waals surface area contributed by atoms with Crippen molar-refractivity contribution in [3.05, 3.63) is 23.8 Å². The summed E-state index contributed by atoms with van der Waals surface area (Å²) < 4.78 is 10.9. The van der Waals surface area contributed by atoms with Gasteiger partial charge in [-0.25, -0.2) is 0 Å². The Balaban J connectivity index is 2.06. The van der Waals surface area contributed by atoms with E-state index in [1.54, 1.807) is 7.11 Å². The Morgan fingerprint density at radius 2 is 2.38 bits per heavy atom. The van der Waals surface area contributed by atoms with E-state index in [1.807, 2.05) is 12.1 Å². The van der Waals surface area contributed by atoms with Crippen molar-refractivity contribution < 1.29 is 9.47 Å². The molecule has 88 valence electrons. The molecule has 2 rings (SSSR count). The van der Waals surface area contributed by atoms with E-state index < -0.39 is 0 Å². The van der Waals surface area contributed by atoms with Crippen molar-refractivity contribution in [2.24, 2.45) is 0 Å². The van der Waals surface area contributed by atoms with Gasteiger partial charge >= 0.3 is 0 Å². The third-order valence-electron chi connectivity index (χ3n) is 2.86. The Labute approximate surface area is 96.8 Å². The lowest BCUT2D eigenvalue weighted by Gasteiger charge is -2.26.